The van der Waals surface area contributed by atoms with E-state index >= 15 is 0 Å². The minimum atomic E-state index is 0. The van der Waals surface area contributed by atoms with E-state index in [1.807, 2.05) is 29.2 Å². The largest absolute Gasteiger partial charge is 0.493 e. The Bertz CT molecular complexity index is 967. The van der Waals surface area contributed by atoms with Crippen LogP contribution in [-0.2, 0) is 13.1 Å². The topological polar surface area (TPSA) is 66.0 Å². The Kier molecular flexibility index (Phi) is 10.0. The number of carbonyl (C=O) groups excluding carboxylic acids is 1. The normalized spacial score (nSPS) is 15.9. The lowest BCUT2D eigenvalue weighted by molar-refractivity contribution is 0.0724. The van der Waals surface area contributed by atoms with Crippen molar-refractivity contribution in [2.75, 3.05) is 26.7 Å². The summed E-state index contributed by atoms with van der Waals surface area (Å²) >= 11 is 0. The number of nitrogens with one attached hydrogen (secondary N) is 2. The molecular weight excluding hydrogens is 539 g/mol. The molecule has 0 spiro atoms. The lowest BCUT2D eigenvalue weighted by Gasteiger charge is -2.26. The second-order valence-corrected chi connectivity index (χ2v) is 9.19. The molecule has 2 N–H and O–H groups in total. The number of hydrogen-bond donors (Lipinski definition) is 2. The molecule has 2 fully saturated rings. The molecule has 0 atom stereocenters. The van der Waals surface area contributed by atoms with Gasteiger partial charge in [-0.05, 0) is 74.3 Å². The number of halogens is 1. The van der Waals surface area contributed by atoms with Crippen molar-refractivity contribution in [3.63, 3.8) is 0 Å². The predicted molar refractivity (Wildman–Crippen MR) is 148 cm³/mol. The molecule has 1 aliphatic carbocycles. The maximum atomic E-state index is 12.7. The number of benzene rings is 2. The summed E-state index contributed by atoms with van der Waals surface area (Å²) in [7, 11) is 1.77. The van der Waals surface area contributed by atoms with Crippen molar-refractivity contribution in [2.45, 2.75) is 52.1 Å². The van der Waals surface area contributed by atoms with Gasteiger partial charge in [-0.1, -0.05) is 24.3 Å². The number of aliphatic imine (C=N–C) groups is 1. The van der Waals surface area contributed by atoms with Gasteiger partial charge in [0.05, 0.1) is 6.61 Å². The first-order chi connectivity index (χ1) is 16.1. The van der Waals surface area contributed by atoms with Crippen LogP contribution in [0.1, 0.15) is 59.2 Å². The summed E-state index contributed by atoms with van der Waals surface area (Å²) in [5, 5.41) is 6.75. The molecule has 34 heavy (non-hydrogen) atoms. The average molecular weight is 577 g/mol. The van der Waals surface area contributed by atoms with Crippen LogP contribution in [0.4, 0.5) is 0 Å². The number of amides is 1. The molecule has 0 bridgehead atoms. The number of nitrogens with zero attached hydrogens (tertiary/aromatic N) is 2. The Labute approximate surface area is 220 Å². The first-order valence-electron chi connectivity index (χ1n) is 12.2. The fraction of sp³-hybridized carbons (Fsp3) is 0.481. The zero-order chi connectivity index (χ0) is 23.0. The fourth-order valence-electron chi connectivity index (χ4n) is 4.06. The number of hydrogen-bond acceptors (Lipinski definition) is 3. The Hall–Kier alpha value is -2.29. The first-order valence-corrected chi connectivity index (χ1v) is 12.2. The molecule has 1 heterocycles. The maximum absolute atomic E-state index is 12.7. The molecule has 0 radical (unpaired) electrons. The number of carbonyl (C=O) groups is 1. The number of likely N-dealkylation sites (tertiary alicyclic amines) is 1. The van der Waals surface area contributed by atoms with Crippen molar-refractivity contribution in [1.82, 2.24) is 15.5 Å². The van der Waals surface area contributed by atoms with Gasteiger partial charge in [0.15, 0.2) is 5.96 Å². The number of piperidine rings is 1. The van der Waals surface area contributed by atoms with Crippen molar-refractivity contribution >= 4 is 35.8 Å². The van der Waals surface area contributed by atoms with Crippen LogP contribution in [0.3, 0.4) is 0 Å². The van der Waals surface area contributed by atoms with E-state index < -0.39 is 0 Å². The van der Waals surface area contributed by atoms with Gasteiger partial charge in [-0.25, -0.2) is 0 Å². The lowest BCUT2D eigenvalue weighted by Crippen LogP contribution is -2.36. The van der Waals surface area contributed by atoms with Gasteiger partial charge in [0.1, 0.15) is 5.75 Å². The van der Waals surface area contributed by atoms with Crippen LogP contribution in [0.2, 0.25) is 0 Å². The van der Waals surface area contributed by atoms with E-state index in [9.17, 15) is 4.79 Å². The quantitative estimate of drug-likeness (QED) is 0.267. The van der Waals surface area contributed by atoms with E-state index in [4.69, 9.17) is 4.74 Å². The third-order valence-corrected chi connectivity index (χ3v) is 6.37. The summed E-state index contributed by atoms with van der Waals surface area (Å²) in [5.74, 6) is 2.56. The van der Waals surface area contributed by atoms with Gasteiger partial charge in [-0.2, -0.15) is 0 Å². The third-order valence-electron chi connectivity index (χ3n) is 6.37. The molecular formula is C27H37IN4O2. The van der Waals surface area contributed by atoms with Crippen LogP contribution in [0.15, 0.2) is 47.5 Å². The van der Waals surface area contributed by atoms with Crippen LogP contribution in [-0.4, -0.2) is 43.5 Å². The van der Waals surface area contributed by atoms with Gasteiger partial charge in [0.2, 0.25) is 0 Å². The second kappa shape index (κ2) is 13.0. The molecule has 4 rings (SSSR count). The van der Waals surface area contributed by atoms with Crippen LogP contribution in [0.25, 0.3) is 0 Å². The minimum absolute atomic E-state index is 0. The van der Waals surface area contributed by atoms with E-state index in [0.717, 1.165) is 66.9 Å². The highest BCUT2D eigenvalue weighted by molar-refractivity contribution is 14.0. The zero-order valence-corrected chi connectivity index (χ0v) is 22.6. The average Bonchev–Trinajstić information content (AvgIpc) is 3.69. The molecule has 1 aliphatic heterocycles. The Morgan fingerprint density at radius 1 is 1.03 bits per heavy atom. The third kappa shape index (κ3) is 7.61. The fourth-order valence-corrected chi connectivity index (χ4v) is 4.06. The van der Waals surface area contributed by atoms with Crippen molar-refractivity contribution in [2.24, 2.45) is 10.9 Å². The minimum Gasteiger partial charge on any atom is -0.493 e. The predicted octanol–water partition coefficient (Wildman–Crippen LogP) is 4.89. The van der Waals surface area contributed by atoms with Crippen molar-refractivity contribution in [3.8, 4) is 5.75 Å². The smallest absolute Gasteiger partial charge is 0.253 e. The molecule has 7 heteroatoms. The highest BCUT2D eigenvalue weighted by Crippen LogP contribution is 2.30. The molecule has 6 nitrogen and oxygen atoms in total. The maximum Gasteiger partial charge on any atom is 0.253 e. The summed E-state index contributed by atoms with van der Waals surface area (Å²) in [6.07, 6.45) is 6.00. The molecule has 1 saturated carbocycles. The Morgan fingerprint density at radius 3 is 2.41 bits per heavy atom. The van der Waals surface area contributed by atoms with E-state index in [1.54, 1.807) is 7.05 Å². The lowest BCUT2D eigenvalue weighted by atomic mass is 10.1. The molecule has 2 aliphatic rings. The van der Waals surface area contributed by atoms with Gasteiger partial charge in [0, 0.05) is 44.4 Å². The molecule has 2 aromatic rings. The van der Waals surface area contributed by atoms with E-state index in [-0.39, 0.29) is 29.9 Å². The Balaban J connectivity index is 0.00000324. The highest BCUT2D eigenvalue weighted by Gasteiger charge is 2.22. The van der Waals surface area contributed by atoms with Gasteiger partial charge in [-0.15, -0.1) is 24.0 Å². The summed E-state index contributed by atoms with van der Waals surface area (Å²) in [5.41, 5.74) is 4.21. The molecule has 184 valence electrons. The summed E-state index contributed by atoms with van der Waals surface area (Å²) in [4.78, 5) is 19.0. The van der Waals surface area contributed by atoms with E-state index in [2.05, 4.69) is 40.7 Å². The number of aryl methyl sites for hydroxylation is 1. The monoisotopic (exact) mass is 576 g/mol. The van der Waals surface area contributed by atoms with Crippen LogP contribution >= 0.6 is 24.0 Å². The number of guanidine groups is 1. The second-order valence-electron chi connectivity index (χ2n) is 9.19. The number of rotatable bonds is 8. The van der Waals surface area contributed by atoms with Crippen molar-refractivity contribution < 1.29 is 9.53 Å². The summed E-state index contributed by atoms with van der Waals surface area (Å²) in [6.45, 7) is 5.92. The zero-order valence-electron chi connectivity index (χ0n) is 20.3. The molecule has 1 amide bonds. The highest BCUT2D eigenvalue weighted by atomic mass is 127. The Morgan fingerprint density at radius 2 is 1.74 bits per heavy atom. The summed E-state index contributed by atoms with van der Waals surface area (Å²) < 4.78 is 6.08. The molecule has 0 unspecified atom stereocenters. The van der Waals surface area contributed by atoms with E-state index in [0.29, 0.717) is 13.1 Å². The van der Waals surface area contributed by atoms with Gasteiger partial charge < -0.3 is 20.3 Å². The SMILES string of the molecule is CN=C(NCc1ccc(C(=O)N2CCCCC2)cc1)NCc1ccc(C)cc1OCC1CC1.I. The first kappa shape index (κ1) is 26.3. The molecule has 1 saturated heterocycles. The van der Waals surface area contributed by atoms with Crippen molar-refractivity contribution in [1.29, 1.82) is 0 Å². The standard InChI is InChI=1S/C27H36N4O2.HI/c1-20-6-11-24(25(16-20)33-19-22-7-8-22)18-30-27(28-2)29-17-21-9-12-23(13-10-21)26(32)31-14-4-3-5-15-31;/h6,9-13,16,22H,3-5,7-8,14-15,17-19H2,1-2H3,(H2,28,29,30);1H. The van der Waals surface area contributed by atoms with Crippen LogP contribution in [0.5, 0.6) is 5.75 Å². The van der Waals surface area contributed by atoms with Gasteiger partial charge >= 0.3 is 0 Å². The van der Waals surface area contributed by atoms with E-state index in [1.165, 1.54) is 24.8 Å². The van der Waals surface area contributed by atoms with Crippen molar-refractivity contribution in [3.05, 3.63) is 64.7 Å². The molecule has 2 aromatic carbocycles. The van der Waals surface area contributed by atoms with Gasteiger partial charge in [-0.3, -0.25) is 9.79 Å². The molecule has 0 aromatic heterocycles. The van der Waals surface area contributed by atoms with Gasteiger partial charge in [0.25, 0.3) is 5.91 Å². The van der Waals surface area contributed by atoms with Crippen LogP contribution in [0, 0.1) is 12.8 Å². The van der Waals surface area contributed by atoms with Crippen LogP contribution < -0.4 is 15.4 Å². The number of ether oxygens (including phenoxy) is 1. The summed E-state index contributed by atoms with van der Waals surface area (Å²) in [6, 6.07) is 14.2.